The largest absolute Gasteiger partial charge is 0.479 e. The van der Waals surface area contributed by atoms with Gasteiger partial charge in [0.2, 0.25) is 0 Å². The summed E-state index contributed by atoms with van der Waals surface area (Å²) in [6, 6.07) is 7.17. The molecule has 4 heteroatoms. The van der Waals surface area contributed by atoms with E-state index in [9.17, 15) is 4.79 Å². The predicted octanol–water partition coefficient (Wildman–Crippen LogP) is 5.88. The highest BCUT2D eigenvalue weighted by Gasteiger charge is 2.17. The third kappa shape index (κ3) is 9.17. The second-order valence-electron chi connectivity index (χ2n) is 6.41. The number of primary amides is 1. The molecular formula is C20H32ClNO2. The zero-order valence-electron chi connectivity index (χ0n) is 14.9. The predicted molar refractivity (Wildman–Crippen MR) is 102 cm³/mol. The lowest BCUT2D eigenvalue weighted by Crippen LogP contribution is -2.33. The monoisotopic (exact) mass is 353 g/mol. The van der Waals surface area contributed by atoms with Gasteiger partial charge in [-0.3, -0.25) is 4.79 Å². The van der Waals surface area contributed by atoms with E-state index in [2.05, 4.69) is 6.92 Å². The number of rotatable bonds is 14. The number of ether oxygens (including phenoxy) is 1. The van der Waals surface area contributed by atoms with E-state index >= 15 is 0 Å². The second-order valence-corrected chi connectivity index (χ2v) is 6.82. The van der Waals surface area contributed by atoms with Crippen LogP contribution >= 0.6 is 11.6 Å². The van der Waals surface area contributed by atoms with E-state index < -0.39 is 12.0 Å². The van der Waals surface area contributed by atoms with Crippen molar-refractivity contribution in [3.63, 3.8) is 0 Å². The minimum Gasteiger partial charge on any atom is -0.479 e. The number of nitrogens with two attached hydrogens (primary N) is 1. The van der Waals surface area contributed by atoms with Crippen LogP contribution in [0.25, 0.3) is 0 Å². The molecule has 2 N–H and O–H groups in total. The Labute approximate surface area is 151 Å². The normalized spacial score (nSPS) is 12.1. The highest BCUT2D eigenvalue weighted by atomic mass is 35.5. The van der Waals surface area contributed by atoms with Crippen LogP contribution in [0.5, 0.6) is 5.75 Å². The molecule has 0 fully saturated rings. The number of hydrogen-bond donors (Lipinski definition) is 1. The van der Waals surface area contributed by atoms with Crippen molar-refractivity contribution in [1.29, 1.82) is 0 Å². The topological polar surface area (TPSA) is 52.3 Å². The molecule has 1 unspecified atom stereocenters. The highest BCUT2D eigenvalue weighted by Crippen LogP contribution is 2.25. The van der Waals surface area contributed by atoms with Gasteiger partial charge >= 0.3 is 0 Å². The van der Waals surface area contributed by atoms with Crippen molar-refractivity contribution in [2.75, 3.05) is 0 Å². The first-order valence-electron chi connectivity index (χ1n) is 9.35. The Morgan fingerprint density at radius 3 is 2.08 bits per heavy atom. The lowest BCUT2D eigenvalue weighted by Gasteiger charge is -2.16. The molecule has 1 amide bonds. The van der Waals surface area contributed by atoms with E-state index in [0.29, 0.717) is 17.2 Å². The maximum Gasteiger partial charge on any atom is 0.258 e. The Morgan fingerprint density at radius 1 is 1.00 bits per heavy atom. The Kier molecular flexibility index (Phi) is 11.4. The van der Waals surface area contributed by atoms with Crippen LogP contribution in [0.4, 0.5) is 0 Å². The molecule has 1 atom stereocenters. The van der Waals surface area contributed by atoms with E-state index in [-0.39, 0.29) is 0 Å². The molecule has 0 heterocycles. The van der Waals surface area contributed by atoms with Crippen LogP contribution in [0.15, 0.2) is 24.3 Å². The summed E-state index contributed by atoms with van der Waals surface area (Å²) in [7, 11) is 0. The Hall–Kier alpha value is -1.22. The number of halogens is 1. The summed E-state index contributed by atoms with van der Waals surface area (Å²) >= 11 is 6.06. The third-order valence-electron chi connectivity index (χ3n) is 4.24. The molecule has 0 saturated heterocycles. The molecule has 0 aliphatic rings. The van der Waals surface area contributed by atoms with Crippen molar-refractivity contribution >= 4 is 17.5 Å². The van der Waals surface area contributed by atoms with Crippen molar-refractivity contribution in [3.8, 4) is 5.75 Å². The quantitative estimate of drug-likeness (QED) is 0.424. The summed E-state index contributed by atoms with van der Waals surface area (Å²) in [5, 5.41) is 0.506. The Morgan fingerprint density at radius 2 is 1.54 bits per heavy atom. The number of carbonyl (C=O) groups excluding carboxylic acids is 1. The van der Waals surface area contributed by atoms with Crippen LogP contribution in [-0.4, -0.2) is 12.0 Å². The number of unbranched alkanes of at least 4 members (excludes halogenated alkanes) is 9. The molecule has 136 valence electrons. The van der Waals surface area contributed by atoms with E-state index in [1.807, 2.05) is 12.1 Å². The van der Waals surface area contributed by atoms with Crippen molar-refractivity contribution in [1.82, 2.24) is 0 Å². The van der Waals surface area contributed by atoms with Crippen LogP contribution in [0.2, 0.25) is 5.02 Å². The van der Waals surface area contributed by atoms with Crippen molar-refractivity contribution in [3.05, 3.63) is 29.3 Å². The van der Waals surface area contributed by atoms with E-state index in [0.717, 1.165) is 12.8 Å². The van der Waals surface area contributed by atoms with Gasteiger partial charge in [0, 0.05) is 0 Å². The Balaban J connectivity index is 2.14. The first kappa shape index (κ1) is 20.8. The summed E-state index contributed by atoms with van der Waals surface area (Å²) in [5.41, 5.74) is 5.45. The smallest absolute Gasteiger partial charge is 0.258 e. The van der Waals surface area contributed by atoms with Gasteiger partial charge < -0.3 is 10.5 Å². The van der Waals surface area contributed by atoms with Crippen LogP contribution in [0.1, 0.15) is 77.6 Å². The van der Waals surface area contributed by atoms with Gasteiger partial charge in [-0.25, -0.2) is 0 Å². The standard InChI is InChI=1S/C20H32ClNO2/c1-2-3-4-5-6-7-8-9-10-11-16-19(20(22)23)24-18-15-13-12-14-17(18)21/h12-15,19H,2-11,16H2,1H3,(H2,22,23). The molecule has 0 aromatic heterocycles. The number of amides is 1. The number of carbonyl (C=O) groups is 1. The lowest BCUT2D eigenvalue weighted by atomic mass is 10.0. The molecule has 0 aliphatic carbocycles. The van der Waals surface area contributed by atoms with E-state index in [4.69, 9.17) is 22.1 Å². The van der Waals surface area contributed by atoms with Gasteiger partial charge in [0.25, 0.3) is 5.91 Å². The molecular weight excluding hydrogens is 322 g/mol. The number of para-hydroxylation sites is 1. The zero-order chi connectivity index (χ0) is 17.6. The molecule has 0 aliphatic heterocycles. The van der Waals surface area contributed by atoms with Crippen molar-refractivity contribution in [2.24, 2.45) is 5.73 Å². The zero-order valence-corrected chi connectivity index (χ0v) is 15.7. The fourth-order valence-electron chi connectivity index (χ4n) is 2.77. The molecule has 24 heavy (non-hydrogen) atoms. The first-order chi connectivity index (χ1) is 11.6. The van der Waals surface area contributed by atoms with Crippen LogP contribution in [0.3, 0.4) is 0 Å². The Bertz CT molecular complexity index is 465. The first-order valence-corrected chi connectivity index (χ1v) is 9.73. The van der Waals surface area contributed by atoms with Crippen LogP contribution < -0.4 is 10.5 Å². The van der Waals surface area contributed by atoms with Gasteiger partial charge in [0.1, 0.15) is 5.75 Å². The third-order valence-corrected chi connectivity index (χ3v) is 4.56. The number of benzene rings is 1. The van der Waals surface area contributed by atoms with Gasteiger partial charge in [0.15, 0.2) is 6.10 Å². The van der Waals surface area contributed by atoms with Crippen molar-refractivity contribution in [2.45, 2.75) is 83.7 Å². The molecule has 0 spiro atoms. The van der Waals surface area contributed by atoms with E-state index in [1.54, 1.807) is 12.1 Å². The molecule has 0 bridgehead atoms. The average Bonchev–Trinajstić information content (AvgIpc) is 2.57. The number of hydrogen-bond acceptors (Lipinski definition) is 2. The fraction of sp³-hybridized carbons (Fsp3) is 0.650. The van der Waals surface area contributed by atoms with Crippen molar-refractivity contribution < 1.29 is 9.53 Å². The van der Waals surface area contributed by atoms with Gasteiger partial charge in [-0.05, 0) is 25.0 Å². The van der Waals surface area contributed by atoms with Gasteiger partial charge in [-0.15, -0.1) is 0 Å². The van der Waals surface area contributed by atoms with Crippen LogP contribution in [0, 0.1) is 0 Å². The van der Waals surface area contributed by atoms with Gasteiger partial charge in [-0.2, -0.15) is 0 Å². The van der Waals surface area contributed by atoms with Crippen LogP contribution in [-0.2, 0) is 4.79 Å². The van der Waals surface area contributed by atoms with E-state index in [1.165, 1.54) is 51.4 Å². The highest BCUT2D eigenvalue weighted by molar-refractivity contribution is 6.32. The second kappa shape index (κ2) is 13.1. The molecule has 0 radical (unpaired) electrons. The maximum atomic E-state index is 11.6. The fourth-order valence-corrected chi connectivity index (χ4v) is 2.95. The van der Waals surface area contributed by atoms with Gasteiger partial charge in [0.05, 0.1) is 5.02 Å². The molecule has 3 nitrogen and oxygen atoms in total. The molecule has 0 saturated carbocycles. The summed E-state index contributed by atoms with van der Waals surface area (Å²) in [6.45, 7) is 2.24. The van der Waals surface area contributed by atoms with Gasteiger partial charge in [-0.1, -0.05) is 88.4 Å². The molecule has 1 rings (SSSR count). The summed E-state index contributed by atoms with van der Waals surface area (Å²) < 4.78 is 5.68. The summed E-state index contributed by atoms with van der Waals surface area (Å²) in [6.07, 6.45) is 12.7. The summed E-state index contributed by atoms with van der Waals surface area (Å²) in [5.74, 6) is 0.0980. The average molecular weight is 354 g/mol. The summed E-state index contributed by atoms with van der Waals surface area (Å²) in [4.78, 5) is 11.6. The molecule has 1 aromatic carbocycles. The molecule has 1 aromatic rings. The minimum atomic E-state index is -0.598. The maximum absolute atomic E-state index is 11.6. The SMILES string of the molecule is CCCCCCCCCCCCC(Oc1ccccc1Cl)C(N)=O. The lowest BCUT2D eigenvalue weighted by molar-refractivity contribution is -0.125. The minimum absolute atomic E-state index is 0.425.